The topological polar surface area (TPSA) is 75.5 Å². The van der Waals surface area contributed by atoms with E-state index >= 15 is 0 Å². The lowest BCUT2D eigenvalue weighted by Gasteiger charge is -2.00. The number of ether oxygens (including phenoxy) is 3. The normalized spacial score (nSPS) is 12.7. The van der Waals surface area contributed by atoms with Crippen molar-refractivity contribution in [1.29, 1.82) is 0 Å². The molecule has 0 N–H and O–H groups in total. The predicted octanol–water partition coefficient (Wildman–Crippen LogP) is 3.62. The molecule has 2 aromatic carbocycles. The van der Waals surface area contributed by atoms with Crippen LogP contribution in [-0.2, 0) is 16.1 Å². The summed E-state index contributed by atoms with van der Waals surface area (Å²) in [6, 6.07) is 13.5. The summed E-state index contributed by atoms with van der Waals surface area (Å²) in [7, 11) is 0. The van der Waals surface area contributed by atoms with E-state index in [4.69, 9.17) is 14.2 Å². The third kappa shape index (κ3) is 4.70. The fraction of sp³-hybridized carbons (Fsp3) is 0.136. The van der Waals surface area contributed by atoms with Gasteiger partial charge in [-0.05, 0) is 36.8 Å². The minimum Gasteiger partial charge on any atom is -0.456 e. The van der Waals surface area contributed by atoms with Crippen molar-refractivity contribution in [2.24, 2.45) is 0 Å². The molecule has 0 spiro atoms. The number of nitrogens with zero attached hydrogens (tertiary/aromatic N) is 3. The summed E-state index contributed by atoms with van der Waals surface area (Å²) >= 11 is 0. The van der Waals surface area contributed by atoms with Crippen molar-refractivity contribution in [2.75, 3.05) is 6.79 Å². The zero-order valence-electron chi connectivity index (χ0n) is 15.8. The van der Waals surface area contributed by atoms with Crippen LogP contribution in [0, 0.1) is 6.92 Å². The zero-order chi connectivity index (χ0) is 20.1. The average molecular weight is 389 g/mol. The van der Waals surface area contributed by atoms with Gasteiger partial charge in [-0.3, -0.25) is 0 Å². The van der Waals surface area contributed by atoms with E-state index < -0.39 is 5.97 Å². The van der Waals surface area contributed by atoms with Crippen LogP contribution in [0.15, 0.2) is 66.9 Å². The third-order valence-corrected chi connectivity index (χ3v) is 4.23. The first kappa shape index (κ1) is 18.5. The molecule has 2 heterocycles. The van der Waals surface area contributed by atoms with E-state index in [0.717, 1.165) is 17.0 Å². The molecule has 0 fully saturated rings. The molecule has 1 aromatic heterocycles. The fourth-order valence-electron chi connectivity index (χ4n) is 2.70. The van der Waals surface area contributed by atoms with Gasteiger partial charge in [-0.1, -0.05) is 47.2 Å². The quantitative estimate of drug-likeness (QED) is 0.364. The van der Waals surface area contributed by atoms with E-state index in [2.05, 4.69) is 10.3 Å². The van der Waals surface area contributed by atoms with Gasteiger partial charge in [0.15, 0.2) is 11.5 Å². The molecule has 29 heavy (non-hydrogen) atoms. The summed E-state index contributed by atoms with van der Waals surface area (Å²) in [6.07, 6.45) is 8.33. The number of benzene rings is 2. The van der Waals surface area contributed by atoms with Crippen LogP contribution in [0.5, 0.6) is 11.5 Å². The third-order valence-electron chi connectivity index (χ3n) is 4.23. The highest BCUT2D eigenvalue weighted by Crippen LogP contribution is 2.32. The Hall–Kier alpha value is -3.87. The molecule has 0 amide bonds. The Bertz CT molecular complexity index is 1070. The van der Waals surface area contributed by atoms with Gasteiger partial charge >= 0.3 is 5.97 Å². The van der Waals surface area contributed by atoms with Gasteiger partial charge in [0.25, 0.3) is 0 Å². The highest BCUT2D eigenvalue weighted by Gasteiger charge is 2.12. The second-order valence-electron chi connectivity index (χ2n) is 6.43. The summed E-state index contributed by atoms with van der Waals surface area (Å²) in [5, 5.41) is 8.08. The van der Waals surface area contributed by atoms with Crippen molar-refractivity contribution in [3.63, 3.8) is 0 Å². The van der Waals surface area contributed by atoms with E-state index in [0.29, 0.717) is 11.4 Å². The number of esters is 1. The lowest BCUT2D eigenvalue weighted by molar-refractivity contribution is -0.139. The molecular formula is C22H19N3O4. The molecule has 0 bridgehead atoms. The van der Waals surface area contributed by atoms with Crippen molar-refractivity contribution in [1.82, 2.24) is 15.0 Å². The lowest BCUT2D eigenvalue weighted by atomic mass is 10.2. The number of aromatic nitrogens is 3. The van der Waals surface area contributed by atoms with Crippen LogP contribution < -0.4 is 9.47 Å². The van der Waals surface area contributed by atoms with Gasteiger partial charge in [0.05, 0.1) is 11.9 Å². The molecular weight excluding hydrogens is 370 g/mol. The average Bonchev–Trinajstić information content (AvgIpc) is 3.39. The summed E-state index contributed by atoms with van der Waals surface area (Å²) in [6.45, 7) is 2.32. The Morgan fingerprint density at radius 3 is 2.83 bits per heavy atom. The van der Waals surface area contributed by atoms with Gasteiger partial charge < -0.3 is 14.2 Å². The number of rotatable bonds is 6. The standard InChI is InChI=1S/C22H19N3O4/c1-16-6-9-19(10-7-16)25-13-18(23-24-25)14-27-22(26)5-3-2-4-17-8-11-20-21(12-17)29-15-28-20/h2-13H,14-15H2,1H3/b4-2+,5-3+. The van der Waals surface area contributed by atoms with E-state index in [1.807, 2.05) is 55.5 Å². The van der Waals surface area contributed by atoms with E-state index in [1.54, 1.807) is 23.0 Å². The minimum atomic E-state index is -0.453. The largest absolute Gasteiger partial charge is 0.456 e. The molecule has 146 valence electrons. The maximum absolute atomic E-state index is 11.9. The number of hydrogen-bond donors (Lipinski definition) is 0. The molecule has 0 unspecified atom stereocenters. The SMILES string of the molecule is Cc1ccc(-n2cc(COC(=O)/C=C/C=C/c3ccc4c(c3)OCO4)nn2)cc1. The molecule has 0 aliphatic carbocycles. The number of carbonyl (C=O) groups is 1. The molecule has 7 heteroatoms. The highest BCUT2D eigenvalue weighted by molar-refractivity contribution is 5.82. The Morgan fingerprint density at radius 2 is 1.97 bits per heavy atom. The van der Waals surface area contributed by atoms with Crippen molar-refractivity contribution < 1.29 is 19.0 Å². The zero-order valence-corrected chi connectivity index (χ0v) is 15.8. The number of aryl methyl sites for hydroxylation is 1. The van der Waals surface area contributed by atoms with E-state index in [1.165, 1.54) is 11.6 Å². The van der Waals surface area contributed by atoms with Gasteiger partial charge in [0.1, 0.15) is 12.3 Å². The van der Waals surface area contributed by atoms with Crippen molar-refractivity contribution in [3.8, 4) is 17.2 Å². The van der Waals surface area contributed by atoms with Crippen LogP contribution in [0.3, 0.4) is 0 Å². The molecule has 0 radical (unpaired) electrons. The van der Waals surface area contributed by atoms with Gasteiger partial charge in [0.2, 0.25) is 6.79 Å². The maximum atomic E-state index is 11.9. The Labute approximate surface area is 167 Å². The van der Waals surface area contributed by atoms with Crippen LogP contribution in [-0.4, -0.2) is 27.8 Å². The Kier molecular flexibility index (Phi) is 5.38. The molecule has 1 aliphatic heterocycles. The molecule has 1 aliphatic rings. The number of allylic oxidation sites excluding steroid dienone is 2. The Balaban J connectivity index is 1.27. The van der Waals surface area contributed by atoms with Gasteiger partial charge in [-0.25, -0.2) is 9.48 Å². The summed E-state index contributed by atoms with van der Waals surface area (Å²) in [5.74, 6) is 1.00. The van der Waals surface area contributed by atoms with Gasteiger partial charge in [-0.15, -0.1) is 5.10 Å². The summed E-state index contributed by atoms with van der Waals surface area (Å²) in [5.41, 5.74) is 3.58. The number of carbonyl (C=O) groups excluding carboxylic acids is 1. The van der Waals surface area contributed by atoms with Crippen molar-refractivity contribution >= 4 is 12.0 Å². The van der Waals surface area contributed by atoms with Crippen molar-refractivity contribution in [3.05, 3.63) is 83.7 Å². The molecule has 7 nitrogen and oxygen atoms in total. The second kappa shape index (κ2) is 8.43. The van der Waals surface area contributed by atoms with Crippen molar-refractivity contribution in [2.45, 2.75) is 13.5 Å². The Morgan fingerprint density at radius 1 is 1.14 bits per heavy atom. The first-order valence-corrected chi connectivity index (χ1v) is 9.07. The van der Waals surface area contributed by atoms with Gasteiger partial charge in [-0.2, -0.15) is 0 Å². The van der Waals surface area contributed by atoms with Crippen LogP contribution >= 0.6 is 0 Å². The first-order chi connectivity index (χ1) is 14.2. The minimum absolute atomic E-state index is 0.0565. The summed E-state index contributed by atoms with van der Waals surface area (Å²) in [4.78, 5) is 11.9. The second-order valence-corrected chi connectivity index (χ2v) is 6.43. The van der Waals surface area contributed by atoms with Crippen LogP contribution in [0.25, 0.3) is 11.8 Å². The number of fused-ring (bicyclic) bond motifs is 1. The molecule has 0 atom stereocenters. The van der Waals surface area contributed by atoms with Crippen LogP contribution in [0.4, 0.5) is 0 Å². The van der Waals surface area contributed by atoms with E-state index in [9.17, 15) is 4.79 Å². The first-order valence-electron chi connectivity index (χ1n) is 9.07. The molecule has 0 saturated carbocycles. The summed E-state index contributed by atoms with van der Waals surface area (Å²) < 4.78 is 17.4. The van der Waals surface area contributed by atoms with E-state index in [-0.39, 0.29) is 13.4 Å². The maximum Gasteiger partial charge on any atom is 0.331 e. The fourth-order valence-corrected chi connectivity index (χ4v) is 2.70. The molecule has 3 aromatic rings. The number of hydrogen-bond acceptors (Lipinski definition) is 6. The van der Waals surface area contributed by atoms with Gasteiger partial charge in [0, 0.05) is 6.08 Å². The molecule has 0 saturated heterocycles. The smallest absolute Gasteiger partial charge is 0.331 e. The molecule has 4 rings (SSSR count). The van der Waals surface area contributed by atoms with Crippen LogP contribution in [0.2, 0.25) is 0 Å². The lowest BCUT2D eigenvalue weighted by Crippen LogP contribution is -2.00. The predicted molar refractivity (Wildman–Crippen MR) is 107 cm³/mol. The van der Waals surface area contributed by atoms with Crippen LogP contribution in [0.1, 0.15) is 16.8 Å². The monoisotopic (exact) mass is 389 g/mol. The highest BCUT2D eigenvalue weighted by atomic mass is 16.7.